The maximum absolute atomic E-state index is 12.5. The van der Waals surface area contributed by atoms with Crippen molar-refractivity contribution in [2.45, 2.75) is 57.0 Å². The second kappa shape index (κ2) is 5.67. The number of rotatable bonds is 3. The average molecular weight is 278 g/mol. The van der Waals surface area contributed by atoms with Gasteiger partial charge < -0.3 is 5.11 Å². The van der Waals surface area contributed by atoms with Gasteiger partial charge in [0.15, 0.2) is 0 Å². The molecular formula is C11H16F6O. The minimum absolute atomic E-state index is 0.00594. The Bertz CT molecular complexity index is 259. The van der Waals surface area contributed by atoms with Gasteiger partial charge in [0.25, 0.3) is 0 Å². The minimum Gasteiger partial charge on any atom is -0.393 e. The summed E-state index contributed by atoms with van der Waals surface area (Å²) in [6, 6.07) is 0. The van der Waals surface area contributed by atoms with E-state index in [0.29, 0.717) is 12.8 Å². The van der Waals surface area contributed by atoms with Gasteiger partial charge in [0, 0.05) is 6.42 Å². The molecule has 7 heteroatoms. The maximum Gasteiger partial charge on any atom is 0.391 e. The lowest BCUT2D eigenvalue weighted by Gasteiger charge is -2.33. The van der Waals surface area contributed by atoms with E-state index in [2.05, 4.69) is 0 Å². The van der Waals surface area contributed by atoms with E-state index in [1.165, 1.54) is 0 Å². The molecule has 1 nitrogen and oxygen atoms in total. The van der Waals surface area contributed by atoms with E-state index >= 15 is 0 Å². The molecule has 1 rings (SSSR count). The average Bonchev–Trinajstić information content (AvgIpc) is 2.24. The van der Waals surface area contributed by atoms with E-state index in [9.17, 15) is 31.4 Å². The molecular weight excluding hydrogens is 262 g/mol. The van der Waals surface area contributed by atoms with Crippen molar-refractivity contribution in [1.29, 1.82) is 0 Å². The maximum atomic E-state index is 12.5. The van der Waals surface area contributed by atoms with Crippen molar-refractivity contribution >= 4 is 0 Å². The second-order valence-electron chi connectivity index (χ2n) is 4.89. The fraction of sp³-hybridized carbons (Fsp3) is 1.00. The Morgan fingerprint density at radius 2 is 1.67 bits per heavy atom. The van der Waals surface area contributed by atoms with Gasteiger partial charge >= 0.3 is 12.4 Å². The first-order valence-electron chi connectivity index (χ1n) is 5.91. The summed E-state index contributed by atoms with van der Waals surface area (Å²) in [7, 11) is 0. The Kier molecular flexibility index (Phi) is 4.91. The van der Waals surface area contributed by atoms with Crippen molar-refractivity contribution in [3.8, 4) is 0 Å². The van der Waals surface area contributed by atoms with Gasteiger partial charge in [0.1, 0.15) is 0 Å². The lowest BCUT2D eigenvalue weighted by molar-refractivity contribution is -0.190. The van der Waals surface area contributed by atoms with Crippen LogP contribution in [0.15, 0.2) is 0 Å². The van der Waals surface area contributed by atoms with Gasteiger partial charge in [-0.1, -0.05) is 6.42 Å². The summed E-state index contributed by atoms with van der Waals surface area (Å²) in [4.78, 5) is 0. The topological polar surface area (TPSA) is 20.2 Å². The van der Waals surface area contributed by atoms with Crippen molar-refractivity contribution in [3.05, 3.63) is 0 Å². The summed E-state index contributed by atoms with van der Waals surface area (Å²) in [5, 5.41) is 9.55. The molecule has 0 aromatic carbocycles. The van der Waals surface area contributed by atoms with E-state index < -0.39 is 43.1 Å². The molecule has 0 bridgehead atoms. The first kappa shape index (κ1) is 15.6. The lowest BCUT2D eigenvalue weighted by Crippen LogP contribution is -2.34. The molecule has 1 saturated carbocycles. The van der Waals surface area contributed by atoms with Gasteiger partial charge in [-0.05, 0) is 31.6 Å². The summed E-state index contributed by atoms with van der Waals surface area (Å²) in [6.45, 7) is 0. The molecule has 3 unspecified atom stereocenters. The van der Waals surface area contributed by atoms with Crippen LogP contribution < -0.4 is 0 Å². The third-order valence-electron chi connectivity index (χ3n) is 3.45. The Morgan fingerprint density at radius 3 is 2.17 bits per heavy atom. The van der Waals surface area contributed by atoms with Crippen LogP contribution in [0.4, 0.5) is 26.3 Å². The van der Waals surface area contributed by atoms with Crippen molar-refractivity contribution in [2.75, 3.05) is 0 Å². The molecule has 0 aliphatic heterocycles. The van der Waals surface area contributed by atoms with Crippen LogP contribution in [0, 0.1) is 11.8 Å². The van der Waals surface area contributed by atoms with Crippen molar-refractivity contribution in [1.82, 2.24) is 0 Å². The van der Waals surface area contributed by atoms with E-state index in [0.717, 1.165) is 0 Å². The molecule has 3 atom stereocenters. The predicted molar refractivity (Wildman–Crippen MR) is 52.8 cm³/mol. The predicted octanol–water partition coefficient (Wildman–Crippen LogP) is 4.06. The summed E-state index contributed by atoms with van der Waals surface area (Å²) >= 11 is 0. The zero-order valence-electron chi connectivity index (χ0n) is 9.69. The van der Waals surface area contributed by atoms with Crippen LogP contribution in [0.5, 0.6) is 0 Å². The molecule has 0 spiro atoms. The normalized spacial score (nSPS) is 28.2. The molecule has 108 valence electrons. The van der Waals surface area contributed by atoms with Gasteiger partial charge in [-0.25, -0.2) is 0 Å². The summed E-state index contributed by atoms with van der Waals surface area (Å²) in [5.74, 6) is -2.16. The Morgan fingerprint density at radius 1 is 1.06 bits per heavy atom. The van der Waals surface area contributed by atoms with Crippen LogP contribution in [0.2, 0.25) is 0 Å². The third-order valence-corrected chi connectivity index (χ3v) is 3.45. The zero-order chi connectivity index (χ0) is 14.0. The van der Waals surface area contributed by atoms with E-state index in [-0.39, 0.29) is 12.8 Å². The van der Waals surface area contributed by atoms with Crippen LogP contribution in [0.25, 0.3) is 0 Å². The highest BCUT2D eigenvalue weighted by atomic mass is 19.4. The number of hydrogen-bond donors (Lipinski definition) is 1. The standard InChI is InChI=1S/C11H16F6O/c12-10(13,14)5-4-9(18)7-2-1-3-8(6-7)11(15,16)17/h7-9,18H,1-6H2. The zero-order valence-corrected chi connectivity index (χ0v) is 9.69. The first-order chi connectivity index (χ1) is 8.09. The number of aliphatic hydroxyl groups is 1. The van der Waals surface area contributed by atoms with Crippen LogP contribution in [0.3, 0.4) is 0 Å². The van der Waals surface area contributed by atoms with Crippen LogP contribution in [-0.4, -0.2) is 23.6 Å². The molecule has 1 aliphatic rings. The number of hydrogen-bond acceptors (Lipinski definition) is 1. The summed E-state index contributed by atoms with van der Waals surface area (Å²) < 4.78 is 73.3. The van der Waals surface area contributed by atoms with Crippen LogP contribution in [0.1, 0.15) is 38.5 Å². The Hall–Kier alpha value is -0.460. The monoisotopic (exact) mass is 278 g/mol. The molecule has 0 heterocycles. The van der Waals surface area contributed by atoms with Crippen molar-refractivity contribution in [3.63, 3.8) is 0 Å². The smallest absolute Gasteiger partial charge is 0.391 e. The molecule has 0 saturated heterocycles. The Balaban J connectivity index is 2.46. The number of halogens is 6. The molecule has 1 N–H and O–H groups in total. The quantitative estimate of drug-likeness (QED) is 0.772. The number of aliphatic hydroxyl groups excluding tert-OH is 1. The van der Waals surface area contributed by atoms with Gasteiger partial charge in [0.05, 0.1) is 12.0 Å². The SMILES string of the molecule is OC(CCC(F)(F)F)C1CCCC(C(F)(F)F)C1. The highest BCUT2D eigenvalue weighted by Gasteiger charge is 2.43. The first-order valence-corrected chi connectivity index (χ1v) is 5.91. The second-order valence-corrected chi connectivity index (χ2v) is 4.89. The molecule has 0 aromatic rings. The molecule has 1 fully saturated rings. The summed E-state index contributed by atoms with van der Waals surface area (Å²) in [6.07, 6.45) is -11.2. The van der Waals surface area contributed by atoms with E-state index in [1.54, 1.807) is 0 Å². The van der Waals surface area contributed by atoms with Gasteiger partial charge in [-0.15, -0.1) is 0 Å². The molecule has 0 radical (unpaired) electrons. The number of alkyl halides is 6. The largest absolute Gasteiger partial charge is 0.393 e. The molecule has 0 aromatic heterocycles. The molecule has 0 amide bonds. The Labute approximate surface area is 101 Å². The fourth-order valence-electron chi connectivity index (χ4n) is 2.42. The van der Waals surface area contributed by atoms with E-state index in [1.807, 2.05) is 0 Å². The highest BCUT2D eigenvalue weighted by Crippen LogP contribution is 2.41. The highest BCUT2D eigenvalue weighted by molar-refractivity contribution is 4.82. The third kappa shape index (κ3) is 5.04. The van der Waals surface area contributed by atoms with Gasteiger partial charge in [-0.3, -0.25) is 0 Å². The van der Waals surface area contributed by atoms with Crippen molar-refractivity contribution in [2.24, 2.45) is 11.8 Å². The molecule has 18 heavy (non-hydrogen) atoms. The van der Waals surface area contributed by atoms with Crippen molar-refractivity contribution < 1.29 is 31.4 Å². The van der Waals surface area contributed by atoms with Crippen LogP contribution >= 0.6 is 0 Å². The fourth-order valence-corrected chi connectivity index (χ4v) is 2.42. The van der Waals surface area contributed by atoms with Gasteiger partial charge in [0.2, 0.25) is 0 Å². The van der Waals surface area contributed by atoms with Crippen LogP contribution in [-0.2, 0) is 0 Å². The minimum atomic E-state index is -4.38. The summed E-state index contributed by atoms with van der Waals surface area (Å²) in [5.41, 5.74) is 0. The van der Waals surface area contributed by atoms with Gasteiger partial charge in [-0.2, -0.15) is 26.3 Å². The van der Waals surface area contributed by atoms with E-state index in [4.69, 9.17) is 0 Å². The molecule has 1 aliphatic carbocycles. The lowest BCUT2D eigenvalue weighted by atomic mass is 9.77.